The molecule has 1 fully saturated rings. The molecule has 0 bridgehead atoms. The van der Waals surface area contributed by atoms with Crippen LogP contribution >= 0.6 is 0 Å². The van der Waals surface area contributed by atoms with Crippen LogP contribution in [0.2, 0.25) is 0 Å². The molecule has 1 atom stereocenters. The monoisotopic (exact) mass is 264 g/mol. The maximum Gasteiger partial charge on any atom is 0.260 e. The summed E-state index contributed by atoms with van der Waals surface area (Å²) in [5.41, 5.74) is 0.630. The zero-order valence-corrected chi connectivity index (χ0v) is 11.4. The van der Waals surface area contributed by atoms with Crippen molar-refractivity contribution in [3.63, 3.8) is 0 Å². The minimum absolute atomic E-state index is 0.105. The third kappa shape index (κ3) is 3.23. The van der Waals surface area contributed by atoms with Crippen LogP contribution in [-0.4, -0.2) is 41.6 Å². The number of H-pyrrole nitrogens is 1. The van der Waals surface area contributed by atoms with Crippen LogP contribution in [0.3, 0.4) is 0 Å². The predicted molar refractivity (Wildman–Crippen MR) is 72.4 cm³/mol. The minimum Gasteiger partial charge on any atom is -0.376 e. The van der Waals surface area contributed by atoms with E-state index < -0.39 is 0 Å². The lowest BCUT2D eigenvalue weighted by atomic mass is 10.2. The van der Waals surface area contributed by atoms with Crippen molar-refractivity contribution in [2.75, 3.05) is 19.7 Å². The lowest BCUT2D eigenvalue weighted by Crippen LogP contribution is -2.39. The molecular formula is C14H20N2O3. The topological polar surface area (TPSA) is 62.4 Å². The van der Waals surface area contributed by atoms with Crippen molar-refractivity contribution in [2.45, 2.75) is 32.8 Å². The average Bonchev–Trinajstić information content (AvgIpc) is 2.88. The fourth-order valence-corrected chi connectivity index (χ4v) is 2.30. The average molecular weight is 264 g/mol. The summed E-state index contributed by atoms with van der Waals surface area (Å²) in [6, 6.07) is 3.34. The number of nitrogens with one attached hydrogen (secondary N) is 1. The molecule has 2 rings (SSSR count). The first-order valence-electron chi connectivity index (χ1n) is 6.72. The number of aromatic nitrogens is 1. The van der Waals surface area contributed by atoms with E-state index in [1.807, 2.05) is 6.92 Å². The Morgan fingerprint density at radius 3 is 2.89 bits per heavy atom. The van der Waals surface area contributed by atoms with E-state index >= 15 is 0 Å². The fraction of sp³-hybridized carbons (Fsp3) is 0.571. The zero-order valence-electron chi connectivity index (χ0n) is 11.4. The number of carbonyl (C=O) groups is 1. The quantitative estimate of drug-likeness (QED) is 0.892. The summed E-state index contributed by atoms with van der Waals surface area (Å²) in [5, 5.41) is 0. The van der Waals surface area contributed by atoms with E-state index in [1.165, 1.54) is 0 Å². The SMILES string of the molecule is CCN(C[C@@H]1CCCO1)C(=O)c1ccc(C)[nH]c1=O. The molecular weight excluding hydrogens is 244 g/mol. The second-order valence-electron chi connectivity index (χ2n) is 4.86. The van der Waals surface area contributed by atoms with Crippen molar-refractivity contribution in [3.05, 3.63) is 33.7 Å². The van der Waals surface area contributed by atoms with Crippen LogP contribution in [0.15, 0.2) is 16.9 Å². The second-order valence-corrected chi connectivity index (χ2v) is 4.86. The molecule has 0 saturated carbocycles. The highest BCUT2D eigenvalue weighted by atomic mass is 16.5. The maximum atomic E-state index is 12.3. The summed E-state index contributed by atoms with van der Waals surface area (Å²) in [7, 11) is 0. The van der Waals surface area contributed by atoms with Gasteiger partial charge in [0, 0.05) is 25.4 Å². The molecule has 0 unspecified atom stereocenters. The third-order valence-corrected chi connectivity index (χ3v) is 3.40. The van der Waals surface area contributed by atoms with E-state index in [9.17, 15) is 9.59 Å². The van der Waals surface area contributed by atoms with E-state index in [2.05, 4.69) is 4.98 Å². The summed E-state index contributed by atoms with van der Waals surface area (Å²) in [4.78, 5) is 28.5. The summed E-state index contributed by atoms with van der Waals surface area (Å²) < 4.78 is 5.54. The van der Waals surface area contributed by atoms with Gasteiger partial charge in [-0.15, -0.1) is 0 Å². The van der Waals surface area contributed by atoms with Gasteiger partial charge >= 0.3 is 0 Å². The van der Waals surface area contributed by atoms with Crippen molar-refractivity contribution in [1.82, 2.24) is 9.88 Å². The Morgan fingerprint density at radius 1 is 1.53 bits per heavy atom. The summed E-state index contributed by atoms with van der Waals surface area (Å²) in [6.07, 6.45) is 2.13. The molecule has 104 valence electrons. The van der Waals surface area contributed by atoms with Gasteiger partial charge in [-0.05, 0) is 38.8 Å². The number of pyridine rings is 1. The van der Waals surface area contributed by atoms with Gasteiger partial charge in [0.1, 0.15) is 5.56 Å². The normalized spacial score (nSPS) is 18.5. The van der Waals surface area contributed by atoms with Crippen molar-refractivity contribution >= 4 is 5.91 Å². The lowest BCUT2D eigenvalue weighted by Gasteiger charge is -2.23. The van der Waals surface area contributed by atoms with Gasteiger partial charge < -0.3 is 14.6 Å². The van der Waals surface area contributed by atoms with Crippen molar-refractivity contribution in [1.29, 1.82) is 0 Å². The Bertz CT molecular complexity index is 504. The number of aromatic amines is 1. The Kier molecular flexibility index (Phi) is 4.37. The van der Waals surface area contributed by atoms with Crippen LogP contribution in [-0.2, 0) is 4.74 Å². The van der Waals surface area contributed by atoms with Gasteiger partial charge in [-0.25, -0.2) is 0 Å². The van der Waals surface area contributed by atoms with Crippen molar-refractivity contribution < 1.29 is 9.53 Å². The van der Waals surface area contributed by atoms with Crippen LogP contribution in [0.1, 0.15) is 35.8 Å². The molecule has 19 heavy (non-hydrogen) atoms. The summed E-state index contributed by atoms with van der Waals surface area (Å²) in [6.45, 7) is 5.60. The highest BCUT2D eigenvalue weighted by molar-refractivity contribution is 5.93. The molecule has 1 saturated heterocycles. The van der Waals surface area contributed by atoms with E-state index in [4.69, 9.17) is 4.74 Å². The van der Waals surface area contributed by atoms with E-state index in [-0.39, 0.29) is 23.1 Å². The summed E-state index contributed by atoms with van der Waals surface area (Å²) in [5.74, 6) is -0.223. The molecule has 1 aliphatic heterocycles. The van der Waals surface area contributed by atoms with Gasteiger partial charge in [-0.1, -0.05) is 0 Å². The maximum absolute atomic E-state index is 12.3. The number of ether oxygens (including phenoxy) is 1. The van der Waals surface area contributed by atoms with Crippen LogP contribution < -0.4 is 5.56 Å². The first kappa shape index (κ1) is 13.8. The molecule has 5 nitrogen and oxygen atoms in total. The lowest BCUT2D eigenvalue weighted by molar-refractivity contribution is 0.0538. The van der Waals surface area contributed by atoms with Crippen molar-refractivity contribution in [2.24, 2.45) is 0 Å². The van der Waals surface area contributed by atoms with Gasteiger partial charge in [0.05, 0.1) is 6.10 Å². The van der Waals surface area contributed by atoms with Gasteiger partial charge in [0.25, 0.3) is 11.5 Å². The fourth-order valence-electron chi connectivity index (χ4n) is 2.30. The molecule has 1 N–H and O–H groups in total. The Balaban J connectivity index is 2.13. The molecule has 1 aromatic heterocycles. The molecule has 0 aromatic carbocycles. The van der Waals surface area contributed by atoms with Crippen molar-refractivity contribution in [3.8, 4) is 0 Å². The molecule has 0 spiro atoms. The second kappa shape index (κ2) is 6.02. The standard InChI is InChI=1S/C14H20N2O3/c1-3-16(9-11-5-4-8-19-11)14(18)12-7-6-10(2)15-13(12)17/h6-7,11H,3-5,8-9H2,1-2H3,(H,15,17)/t11-/m0/s1. The molecule has 0 aliphatic carbocycles. The molecule has 5 heteroatoms. The molecule has 2 heterocycles. The van der Waals surface area contributed by atoms with Crippen LogP contribution in [0, 0.1) is 6.92 Å². The van der Waals surface area contributed by atoms with E-state index in [1.54, 1.807) is 24.0 Å². The number of likely N-dealkylation sites (N-methyl/N-ethyl adjacent to an activating group) is 1. The number of nitrogens with zero attached hydrogens (tertiary/aromatic N) is 1. The smallest absolute Gasteiger partial charge is 0.260 e. The van der Waals surface area contributed by atoms with Gasteiger partial charge in [-0.3, -0.25) is 9.59 Å². The zero-order chi connectivity index (χ0) is 13.8. The molecule has 1 amide bonds. The number of hydrogen-bond acceptors (Lipinski definition) is 3. The first-order valence-corrected chi connectivity index (χ1v) is 6.72. The molecule has 1 aliphatic rings. The third-order valence-electron chi connectivity index (χ3n) is 3.40. The van der Waals surface area contributed by atoms with Crippen LogP contribution in [0.5, 0.6) is 0 Å². The van der Waals surface area contributed by atoms with E-state index in [0.29, 0.717) is 13.1 Å². The van der Waals surface area contributed by atoms with E-state index in [0.717, 1.165) is 25.1 Å². The Morgan fingerprint density at radius 2 is 2.32 bits per heavy atom. The van der Waals surface area contributed by atoms with Crippen LogP contribution in [0.25, 0.3) is 0 Å². The predicted octanol–water partition coefficient (Wildman–Crippen LogP) is 1.32. The highest BCUT2D eigenvalue weighted by Gasteiger charge is 2.23. The largest absolute Gasteiger partial charge is 0.376 e. The van der Waals surface area contributed by atoms with Gasteiger partial charge in [0.15, 0.2) is 0 Å². The Labute approximate surface area is 112 Å². The van der Waals surface area contributed by atoms with Crippen LogP contribution in [0.4, 0.5) is 0 Å². The van der Waals surface area contributed by atoms with Gasteiger partial charge in [0.2, 0.25) is 0 Å². The number of aryl methyl sites for hydroxylation is 1. The summed E-state index contributed by atoms with van der Waals surface area (Å²) >= 11 is 0. The Hall–Kier alpha value is -1.62. The highest BCUT2D eigenvalue weighted by Crippen LogP contribution is 2.14. The molecule has 1 aromatic rings. The first-order chi connectivity index (χ1) is 9.11. The number of rotatable bonds is 4. The number of hydrogen-bond donors (Lipinski definition) is 1. The number of amides is 1. The minimum atomic E-state index is -0.323. The number of carbonyl (C=O) groups excluding carboxylic acids is 1. The molecule has 0 radical (unpaired) electrons. The van der Waals surface area contributed by atoms with Gasteiger partial charge in [-0.2, -0.15) is 0 Å².